The summed E-state index contributed by atoms with van der Waals surface area (Å²) in [6, 6.07) is 7.09. The number of hydrogen-bond acceptors (Lipinski definition) is 2. The van der Waals surface area contributed by atoms with E-state index in [1.165, 1.54) is 0 Å². The molecular weight excluding hydrogens is 276 g/mol. The molecule has 0 fully saturated rings. The second-order valence-corrected chi connectivity index (χ2v) is 4.93. The first-order valence-electron chi connectivity index (χ1n) is 3.97. The van der Waals surface area contributed by atoms with Crippen LogP contribution >= 0.6 is 47.6 Å². The lowest BCUT2D eigenvalue weighted by molar-refractivity contribution is 0.275. The molecule has 0 radical (unpaired) electrons. The molecule has 6 heteroatoms. The molecule has 1 aliphatic rings. The van der Waals surface area contributed by atoms with Crippen molar-refractivity contribution in [2.24, 2.45) is 0 Å². The minimum Gasteiger partial charge on any atom is -0.262 e. The van der Waals surface area contributed by atoms with Crippen molar-refractivity contribution >= 4 is 57.6 Å². The average Bonchev–Trinajstić information content (AvgIpc) is 2.39. The molecule has 1 aromatic carbocycles. The molecule has 0 unspecified atom stereocenters. The summed E-state index contributed by atoms with van der Waals surface area (Å²) in [6.07, 6.45) is 0. The van der Waals surface area contributed by atoms with E-state index in [0.29, 0.717) is 11.1 Å². The Morgan fingerprint density at radius 1 is 1.07 bits per heavy atom. The Bertz CT molecular complexity index is 421. The van der Waals surface area contributed by atoms with Crippen LogP contribution in [0.15, 0.2) is 24.3 Å². The monoisotopic (exact) mass is 279 g/mol. The van der Waals surface area contributed by atoms with Gasteiger partial charge in [0.2, 0.25) is 0 Å². The third kappa shape index (κ3) is 1.76. The molecular formula is C9H4Cl2FNS2. The second kappa shape index (κ2) is 3.63. The van der Waals surface area contributed by atoms with Crippen molar-refractivity contribution in [2.45, 2.75) is 4.71 Å². The third-order valence-corrected chi connectivity index (χ3v) is 3.19. The summed E-state index contributed by atoms with van der Waals surface area (Å²) in [5.74, 6) is 0. The molecule has 15 heavy (non-hydrogen) atoms. The van der Waals surface area contributed by atoms with Crippen LogP contribution in [0.3, 0.4) is 0 Å². The lowest BCUT2D eigenvalue weighted by atomic mass is 10.1. The summed E-state index contributed by atoms with van der Waals surface area (Å²) in [4.78, 5) is 1.34. The topological polar surface area (TPSA) is 3.24 Å². The molecule has 0 spiro atoms. The SMILES string of the molecule is FC(Cl)(Cl)N1C(=S)c2ccccc2C1=S. The van der Waals surface area contributed by atoms with Gasteiger partial charge in [-0.05, 0) is 23.2 Å². The molecule has 0 bridgehead atoms. The predicted molar refractivity (Wildman–Crippen MR) is 67.2 cm³/mol. The van der Waals surface area contributed by atoms with Crippen molar-refractivity contribution in [2.75, 3.05) is 0 Å². The number of fused-ring (bicyclic) bond motifs is 1. The first-order valence-corrected chi connectivity index (χ1v) is 5.55. The zero-order valence-corrected chi connectivity index (χ0v) is 10.4. The van der Waals surface area contributed by atoms with E-state index in [0.717, 1.165) is 4.90 Å². The molecule has 1 nitrogen and oxygen atoms in total. The number of benzene rings is 1. The number of thiocarbonyl (C=S) groups is 2. The Labute approximate surface area is 107 Å². The van der Waals surface area contributed by atoms with Crippen LogP contribution in [-0.4, -0.2) is 19.6 Å². The van der Waals surface area contributed by atoms with Gasteiger partial charge in [-0.15, -0.1) is 0 Å². The van der Waals surface area contributed by atoms with Crippen LogP contribution in [0, 0.1) is 0 Å². The van der Waals surface area contributed by atoms with Crippen molar-refractivity contribution in [3.05, 3.63) is 35.4 Å². The lowest BCUT2D eigenvalue weighted by Crippen LogP contribution is -2.39. The average molecular weight is 280 g/mol. The molecule has 0 saturated carbocycles. The van der Waals surface area contributed by atoms with Crippen LogP contribution < -0.4 is 0 Å². The van der Waals surface area contributed by atoms with E-state index in [1.54, 1.807) is 24.3 Å². The molecule has 0 N–H and O–H groups in total. The molecule has 1 heterocycles. The van der Waals surface area contributed by atoms with E-state index in [-0.39, 0.29) is 9.98 Å². The number of rotatable bonds is 1. The minimum atomic E-state index is -2.60. The molecule has 0 aliphatic carbocycles. The van der Waals surface area contributed by atoms with Crippen LogP contribution in [0.5, 0.6) is 0 Å². The Morgan fingerprint density at radius 2 is 1.47 bits per heavy atom. The van der Waals surface area contributed by atoms with Crippen molar-refractivity contribution in [3.63, 3.8) is 0 Å². The largest absolute Gasteiger partial charge is 0.342 e. The highest BCUT2D eigenvalue weighted by molar-refractivity contribution is 7.82. The second-order valence-electron chi connectivity index (χ2n) is 2.96. The van der Waals surface area contributed by atoms with Crippen LogP contribution in [0.4, 0.5) is 4.39 Å². The molecule has 2 rings (SSSR count). The van der Waals surface area contributed by atoms with Crippen molar-refractivity contribution < 1.29 is 4.39 Å². The summed E-state index contributed by atoms with van der Waals surface area (Å²) in [7, 11) is 0. The molecule has 0 saturated heterocycles. The molecule has 0 amide bonds. The summed E-state index contributed by atoms with van der Waals surface area (Å²) in [6.45, 7) is 0. The van der Waals surface area contributed by atoms with E-state index in [4.69, 9.17) is 47.6 Å². The normalized spacial score (nSPS) is 15.8. The van der Waals surface area contributed by atoms with Gasteiger partial charge in [0.25, 0.3) is 0 Å². The molecule has 1 aliphatic heterocycles. The fourth-order valence-corrected chi connectivity index (χ4v) is 2.81. The lowest BCUT2D eigenvalue weighted by Gasteiger charge is -2.24. The highest BCUT2D eigenvalue weighted by Gasteiger charge is 2.42. The van der Waals surface area contributed by atoms with Gasteiger partial charge in [-0.25, -0.2) is 0 Å². The van der Waals surface area contributed by atoms with Gasteiger partial charge in [-0.2, -0.15) is 4.39 Å². The van der Waals surface area contributed by atoms with Gasteiger partial charge in [0.05, 0.1) is 0 Å². The summed E-state index contributed by atoms with van der Waals surface area (Å²) < 4.78 is 10.8. The van der Waals surface area contributed by atoms with Gasteiger partial charge >= 0.3 is 4.71 Å². The van der Waals surface area contributed by atoms with E-state index >= 15 is 0 Å². The van der Waals surface area contributed by atoms with Crippen molar-refractivity contribution in [3.8, 4) is 0 Å². The van der Waals surface area contributed by atoms with E-state index < -0.39 is 4.71 Å². The standard InChI is InChI=1S/C9H4Cl2FNS2/c10-9(11,12)13-7(14)5-3-1-2-4-6(5)8(13)15/h1-4H. The van der Waals surface area contributed by atoms with Gasteiger partial charge in [-0.3, -0.25) is 4.90 Å². The fraction of sp³-hybridized carbons (Fsp3) is 0.111. The Morgan fingerprint density at radius 3 is 1.80 bits per heavy atom. The summed E-state index contributed by atoms with van der Waals surface area (Å²) in [5.41, 5.74) is 1.36. The van der Waals surface area contributed by atoms with Gasteiger partial charge in [0.1, 0.15) is 9.98 Å². The van der Waals surface area contributed by atoms with Gasteiger partial charge < -0.3 is 0 Å². The molecule has 78 valence electrons. The fourth-order valence-electron chi connectivity index (χ4n) is 1.42. The Balaban J connectivity index is 2.55. The van der Waals surface area contributed by atoms with Gasteiger partial charge in [-0.1, -0.05) is 48.7 Å². The highest BCUT2D eigenvalue weighted by Crippen LogP contribution is 2.36. The van der Waals surface area contributed by atoms with Crippen molar-refractivity contribution in [1.29, 1.82) is 0 Å². The molecule has 0 aromatic heterocycles. The number of hydrogen-bond donors (Lipinski definition) is 0. The van der Waals surface area contributed by atoms with Gasteiger partial charge in [0.15, 0.2) is 0 Å². The van der Waals surface area contributed by atoms with E-state index in [2.05, 4.69) is 0 Å². The zero-order valence-electron chi connectivity index (χ0n) is 7.21. The maximum absolute atomic E-state index is 13.4. The molecule has 1 aromatic rings. The summed E-state index contributed by atoms with van der Waals surface area (Å²) >= 11 is 20.8. The summed E-state index contributed by atoms with van der Waals surface area (Å²) in [5, 5.41) is 0. The van der Waals surface area contributed by atoms with E-state index in [1.807, 2.05) is 0 Å². The van der Waals surface area contributed by atoms with Crippen LogP contribution in [0.1, 0.15) is 11.1 Å². The van der Waals surface area contributed by atoms with Crippen LogP contribution in [0.25, 0.3) is 0 Å². The molecule has 0 atom stereocenters. The van der Waals surface area contributed by atoms with Crippen LogP contribution in [-0.2, 0) is 0 Å². The Kier molecular flexibility index (Phi) is 2.71. The first kappa shape index (κ1) is 11.2. The van der Waals surface area contributed by atoms with E-state index in [9.17, 15) is 4.39 Å². The third-order valence-electron chi connectivity index (χ3n) is 2.05. The van der Waals surface area contributed by atoms with Crippen LogP contribution in [0.2, 0.25) is 0 Å². The smallest absolute Gasteiger partial charge is 0.262 e. The number of halogens is 3. The number of nitrogens with zero attached hydrogens (tertiary/aromatic N) is 1. The minimum absolute atomic E-state index is 0.211. The maximum atomic E-state index is 13.4. The Hall–Kier alpha value is -0.290. The predicted octanol–water partition coefficient (Wildman–Crippen LogP) is 3.41. The van der Waals surface area contributed by atoms with Crippen molar-refractivity contribution in [1.82, 2.24) is 4.90 Å². The first-order chi connectivity index (χ1) is 6.93. The maximum Gasteiger partial charge on any atom is 0.342 e. The van der Waals surface area contributed by atoms with Gasteiger partial charge in [0, 0.05) is 11.1 Å². The quantitative estimate of drug-likeness (QED) is 0.441. The highest BCUT2D eigenvalue weighted by atomic mass is 35.5. The number of alkyl halides is 3. The zero-order chi connectivity index (χ0) is 11.2.